The Hall–Kier alpha value is -1.65. The first-order valence-corrected chi connectivity index (χ1v) is 6.57. The van der Waals surface area contributed by atoms with Crippen LogP contribution in [-0.4, -0.2) is 16.6 Å². The maximum atomic E-state index is 12.0. The molecule has 1 amide bonds. The van der Waals surface area contributed by atoms with Gasteiger partial charge in [-0.05, 0) is 30.5 Å². The number of rotatable bonds is 4. The molecule has 1 atom stereocenters. The van der Waals surface area contributed by atoms with E-state index in [0.29, 0.717) is 12.1 Å². The molecule has 0 aliphatic carbocycles. The van der Waals surface area contributed by atoms with Crippen molar-refractivity contribution in [2.45, 2.75) is 18.9 Å². The van der Waals surface area contributed by atoms with E-state index in [9.17, 15) is 9.90 Å². The van der Waals surface area contributed by atoms with E-state index in [1.807, 2.05) is 35.7 Å². The Morgan fingerprint density at radius 1 is 1.28 bits per heavy atom. The molecule has 1 unspecified atom stereocenters. The van der Waals surface area contributed by atoms with Crippen molar-refractivity contribution in [3.63, 3.8) is 0 Å². The van der Waals surface area contributed by atoms with Gasteiger partial charge in [-0.15, -0.1) is 11.3 Å². The predicted molar refractivity (Wildman–Crippen MR) is 73.7 cm³/mol. The molecule has 1 aromatic heterocycles. The zero-order valence-electron chi connectivity index (χ0n) is 10.1. The number of para-hydroxylation sites is 1. The number of hydrogen-bond donors (Lipinski definition) is 2. The Kier molecular flexibility index (Phi) is 3.79. The maximum Gasteiger partial charge on any atom is 0.256 e. The van der Waals surface area contributed by atoms with E-state index in [-0.39, 0.29) is 5.91 Å². The SMILES string of the molecule is CC(O)(Cc1cccs1)C(=O)Nc1ccccc1. The van der Waals surface area contributed by atoms with Crippen molar-refractivity contribution in [1.29, 1.82) is 0 Å². The fourth-order valence-corrected chi connectivity index (χ4v) is 2.47. The Morgan fingerprint density at radius 2 is 2.00 bits per heavy atom. The molecule has 0 spiro atoms. The molecule has 2 rings (SSSR count). The lowest BCUT2D eigenvalue weighted by Crippen LogP contribution is -2.41. The van der Waals surface area contributed by atoms with Crippen molar-refractivity contribution in [1.82, 2.24) is 0 Å². The van der Waals surface area contributed by atoms with Gasteiger partial charge in [0, 0.05) is 17.0 Å². The third-order valence-electron chi connectivity index (χ3n) is 2.62. The summed E-state index contributed by atoms with van der Waals surface area (Å²) in [4.78, 5) is 13.0. The summed E-state index contributed by atoms with van der Waals surface area (Å²) >= 11 is 1.53. The van der Waals surface area contributed by atoms with Crippen LogP contribution in [0.2, 0.25) is 0 Å². The van der Waals surface area contributed by atoms with E-state index in [1.165, 1.54) is 18.3 Å². The van der Waals surface area contributed by atoms with Crippen LogP contribution >= 0.6 is 11.3 Å². The van der Waals surface area contributed by atoms with Crippen molar-refractivity contribution in [2.75, 3.05) is 5.32 Å². The average Bonchev–Trinajstić information content (AvgIpc) is 2.82. The Morgan fingerprint density at radius 3 is 2.61 bits per heavy atom. The van der Waals surface area contributed by atoms with Gasteiger partial charge in [-0.1, -0.05) is 24.3 Å². The smallest absolute Gasteiger partial charge is 0.256 e. The number of nitrogens with one attached hydrogen (secondary N) is 1. The third kappa shape index (κ3) is 3.18. The van der Waals surface area contributed by atoms with E-state index in [2.05, 4.69) is 5.32 Å². The first-order valence-electron chi connectivity index (χ1n) is 5.69. The van der Waals surface area contributed by atoms with Gasteiger partial charge >= 0.3 is 0 Å². The number of anilines is 1. The molecule has 4 heteroatoms. The average molecular weight is 261 g/mol. The van der Waals surface area contributed by atoms with Crippen molar-refractivity contribution in [3.8, 4) is 0 Å². The summed E-state index contributed by atoms with van der Waals surface area (Å²) in [5.74, 6) is -0.387. The highest BCUT2D eigenvalue weighted by Gasteiger charge is 2.30. The van der Waals surface area contributed by atoms with Gasteiger partial charge in [-0.3, -0.25) is 4.79 Å². The van der Waals surface area contributed by atoms with Crippen LogP contribution in [0.3, 0.4) is 0 Å². The molecule has 94 valence electrons. The van der Waals surface area contributed by atoms with Gasteiger partial charge in [0.2, 0.25) is 0 Å². The summed E-state index contributed by atoms with van der Waals surface area (Å²) in [5.41, 5.74) is -0.713. The van der Waals surface area contributed by atoms with Crippen molar-refractivity contribution in [2.24, 2.45) is 0 Å². The van der Waals surface area contributed by atoms with E-state index in [0.717, 1.165) is 4.88 Å². The molecular formula is C14H15NO2S. The second kappa shape index (κ2) is 5.33. The predicted octanol–water partition coefficient (Wildman–Crippen LogP) is 2.68. The van der Waals surface area contributed by atoms with Gasteiger partial charge in [-0.2, -0.15) is 0 Å². The van der Waals surface area contributed by atoms with Crippen LogP contribution in [0.5, 0.6) is 0 Å². The third-order valence-corrected chi connectivity index (χ3v) is 3.50. The van der Waals surface area contributed by atoms with Crippen LogP contribution in [-0.2, 0) is 11.2 Å². The summed E-state index contributed by atoms with van der Waals surface area (Å²) in [5, 5.41) is 14.9. The van der Waals surface area contributed by atoms with Crippen LogP contribution in [0.25, 0.3) is 0 Å². The number of thiophene rings is 1. The molecule has 0 radical (unpaired) electrons. The van der Waals surface area contributed by atoms with Crippen LogP contribution in [0.15, 0.2) is 47.8 Å². The number of benzene rings is 1. The lowest BCUT2D eigenvalue weighted by Gasteiger charge is -2.21. The standard InChI is InChI=1S/C14H15NO2S/c1-14(17,10-12-8-5-9-18-12)13(16)15-11-6-3-2-4-7-11/h2-9,17H,10H2,1H3,(H,15,16). The molecule has 18 heavy (non-hydrogen) atoms. The van der Waals surface area contributed by atoms with Crippen LogP contribution < -0.4 is 5.32 Å². The number of hydrogen-bond acceptors (Lipinski definition) is 3. The molecule has 0 saturated carbocycles. The first-order chi connectivity index (χ1) is 8.58. The van der Waals surface area contributed by atoms with Crippen molar-refractivity contribution >= 4 is 22.9 Å². The van der Waals surface area contributed by atoms with Gasteiger partial charge in [0.25, 0.3) is 5.91 Å². The lowest BCUT2D eigenvalue weighted by atomic mass is 10.0. The summed E-state index contributed by atoms with van der Waals surface area (Å²) < 4.78 is 0. The van der Waals surface area contributed by atoms with E-state index in [1.54, 1.807) is 12.1 Å². The van der Waals surface area contributed by atoms with E-state index >= 15 is 0 Å². The number of aliphatic hydroxyl groups is 1. The largest absolute Gasteiger partial charge is 0.380 e. The summed E-state index contributed by atoms with van der Waals surface area (Å²) in [6.07, 6.45) is 0.323. The molecule has 0 aliphatic rings. The Bertz CT molecular complexity index is 506. The molecule has 0 fully saturated rings. The molecule has 0 aliphatic heterocycles. The zero-order valence-corrected chi connectivity index (χ0v) is 10.9. The number of amides is 1. The highest BCUT2D eigenvalue weighted by Crippen LogP contribution is 2.19. The summed E-state index contributed by atoms with van der Waals surface area (Å²) in [6, 6.07) is 12.9. The van der Waals surface area contributed by atoms with Crippen molar-refractivity contribution < 1.29 is 9.90 Å². The number of carbonyl (C=O) groups is 1. The molecule has 1 heterocycles. The topological polar surface area (TPSA) is 49.3 Å². The second-order valence-electron chi connectivity index (χ2n) is 4.35. The van der Waals surface area contributed by atoms with Gasteiger partial charge < -0.3 is 10.4 Å². The molecule has 2 aromatic rings. The van der Waals surface area contributed by atoms with Gasteiger partial charge in [0.1, 0.15) is 5.60 Å². The number of carbonyl (C=O) groups excluding carboxylic acids is 1. The zero-order chi connectivity index (χ0) is 13.0. The fraction of sp³-hybridized carbons (Fsp3) is 0.214. The molecular weight excluding hydrogens is 246 g/mol. The lowest BCUT2D eigenvalue weighted by molar-refractivity contribution is -0.132. The maximum absolute atomic E-state index is 12.0. The summed E-state index contributed by atoms with van der Waals surface area (Å²) in [6.45, 7) is 1.53. The molecule has 0 saturated heterocycles. The molecule has 0 bridgehead atoms. The van der Waals surface area contributed by atoms with Gasteiger partial charge in [0.05, 0.1) is 0 Å². The van der Waals surface area contributed by atoms with Crippen molar-refractivity contribution in [3.05, 3.63) is 52.7 Å². The minimum atomic E-state index is -1.40. The molecule has 1 aromatic carbocycles. The minimum Gasteiger partial charge on any atom is -0.380 e. The fourth-order valence-electron chi connectivity index (χ4n) is 1.62. The monoisotopic (exact) mass is 261 g/mol. The Balaban J connectivity index is 2.03. The highest BCUT2D eigenvalue weighted by molar-refractivity contribution is 7.09. The van der Waals surface area contributed by atoms with E-state index < -0.39 is 5.60 Å². The van der Waals surface area contributed by atoms with Gasteiger partial charge in [-0.25, -0.2) is 0 Å². The molecule has 2 N–H and O–H groups in total. The highest BCUT2D eigenvalue weighted by atomic mass is 32.1. The second-order valence-corrected chi connectivity index (χ2v) is 5.38. The minimum absolute atomic E-state index is 0.323. The quantitative estimate of drug-likeness (QED) is 0.889. The Labute approximate surface area is 110 Å². The van der Waals surface area contributed by atoms with Crippen LogP contribution in [0.1, 0.15) is 11.8 Å². The van der Waals surface area contributed by atoms with Gasteiger partial charge in [0.15, 0.2) is 0 Å². The first kappa shape index (κ1) is 12.8. The van der Waals surface area contributed by atoms with Crippen LogP contribution in [0, 0.1) is 0 Å². The summed E-state index contributed by atoms with van der Waals surface area (Å²) in [7, 11) is 0. The normalized spacial score (nSPS) is 13.9. The van der Waals surface area contributed by atoms with Crippen LogP contribution in [0.4, 0.5) is 5.69 Å². The van der Waals surface area contributed by atoms with E-state index in [4.69, 9.17) is 0 Å². The molecule has 3 nitrogen and oxygen atoms in total.